The van der Waals surface area contributed by atoms with E-state index in [0.29, 0.717) is 27.6 Å². The van der Waals surface area contributed by atoms with Gasteiger partial charge in [-0.05, 0) is 38.5 Å². The number of anilines is 2. The van der Waals surface area contributed by atoms with Gasteiger partial charge < -0.3 is 20.1 Å². The van der Waals surface area contributed by atoms with E-state index in [2.05, 4.69) is 25.2 Å². The zero-order valence-electron chi connectivity index (χ0n) is 17.1. The second-order valence-corrected chi connectivity index (χ2v) is 10.2. The molecule has 5 rings (SSSR count). The molecule has 166 valence electrons. The predicted octanol–water partition coefficient (Wildman–Crippen LogP) is 2.48. The minimum absolute atomic E-state index is 0.0150. The molecule has 31 heavy (non-hydrogen) atoms. The first-order valence-corrected chi connectivity index (χ1v) is 12.3. The van der Waals surface area contributed by atoms with Crippen LogP contribution in [0.4, 0.5) is 11.8 Å². The largest absolute Gasteiger partial charge is 0.463 e. The van der Waals surface area contributed by atoms with Gasteiger partial charge in [-0.15, -0.1) is 0 Å². The van der Waals surface area contributed by atoms with Crippen LogP contribution >= 0.6 is 11.6 Å². The Morgan fingerprint density at radius 2 is 2.03 bits per heavy atom. The Morgan fingerprint density at radius 1 is 1.23 bits per heavy atom. The highest BCUT2D eigenvalue weighted by Gasteiger charge is 2.39. The van der Waals surface area contributed by atoms with E-state index in [0.717, 1.165) is 57.4 Å². The molecule has 1 aliphatic carbocycles. The lowest BCUT2D eigenvalue weighted by Crippen LogP contribution is -2.48. The van der Waals surface area contributed by atoms with Crippen molar-refractivity contribution in [1.82, 2.24) is 19.9 Å². The van der Waals surface area contributed by atoms with Crippen molar-refractivity contribution >= 4 is 34.2 Å². The van der Waals surface area contributed by atoms with Crippen LogP contribution in [-0.4, -0.2) is 60.4 Å². The van der Waals surface area contributed by atoms with Gasteiger partial charge in [-0.1, -0.05) is 11.6 Å². The first-order chi connectivity index (χ1) is 15.1. The molecule has 4 heterocycles. The Bertz CT molecular complexity index is 982. The summed E-state index contributed by atoms with van der Waals surface area (Å²) in [7, 11) is -1.31. The van der Waals surface area contributed by atoms with Crippen molar-refractivity contribution in [2.24, 2.45) is 0 Å². The minimum Gasteiger partial charge on any atom is -0.463 e. The first kappa shape index (κ1) is 20.8. The van der Waals surface area contributed by atoms with Crippen LogP contribution in [0.3, 0.4) is 0 Å². The summed E-state index contributed by atoms with van der Waals surface area (Å²) in [6, 6.07) is 0. The molecule has 1 saturated carbocycles. The average Bonchev–Trinajstić information content (AvgIpc) is 2.97. The summed E-state index contributed by atoms with van der Waals surface area (Å²) in [6.45, 7) is 1.57. The van der Waals surface area contributed by atoms with Gasteiger partial charge in [0.05, 0.1) is 17.2 Å². The molecule has 2 atom stereocenters. The summed E-state index contributed by atoms with van der Waals surface area (Å²) in [5.41, 5.74) is -0.401. The number of nitrogens with zero attached hydrogens (tertiary/aromatic N) is 5. The van der Waals surface area contributed by atoms with Crippen LogP contribution in [0.2, 0.25) is 5.02 Å². The SMILES string of the molecule is O=[S@]1COc2nc(N3CCCC(c4ncc(Cl)cn4)CC3)nc(NC3(CO)CCC3)c21. The van der Waals surface area contributed by atoms with Gasteiger partial charge in [0.25, 0.3) is 0 Å². The lowest BCUT2D eigenvalue weighted by molar-refractivity contribution is 0.143. The van der Waals surface area contributed by atoms with Crippen molar-refractivity contribution in [3.63, 3.8) is 0 Å². The van der Waals surface area contributed by atoms with E-state index < -0.39 is 16.3 Å². The summed E-state index contributed by atoms with van der Waals surface area (Å²) in [5, 5.41) is 13.8. The van der Waals surface area contributed by atoms with E-state index >= 15 is 0 Å². The second kappa shape index (κ2) is 8.48. The maximum Gasteiger partial charge on any atom is 0.238 e. The quantitative estimate of drug-likeness (QED) is 0.688. The Morgan fingerprint density at radius 3 is 2.74 bits per heavy atom. The molecule has 0 spiro atoms. The fourth-order valence-electron chi connectivity index (χ4n) is 4.38. The van der Waals surface area contributed by atoms with Crippen LogP contribution in [0, 0.1) is 0 Å². The Hall–Kier alpha value is -2.04. The molecular formula is C20H25ClN6O3S. The van der Waals surface area contributed by atoms with Gasteiger partial charge in [-0.2, -0.15) is 9.97 Å². The van der Waals surface area contributed by atoms with Gasteiger partial charge in [0.2, 0.25) is 11.8 Å². The van der Waals surface area contributed by atoms with Crippen LogP contribution in [-0.2, 0) is 10.8 Å². The minimum atomic E-state index is -1.31. The van der Waals surface area contributed by atoms with Crippen LogP contribution in [0.15, 0.2) is 17.3 Å². The van der Waals surface area contributed by atoms with Crippen LogP contribution in [0.1, 0.15) is 50.3 Å². The Balaban J connectivity index is 1.39. The molecule has 2 aliphatic heterocycles. The maximum absolute atomic E-state index is 12.5. The second-order valence-electron chi connectivity index (χ2n) is 8.41. The van der Waals surface area contributed by atoms with Crippen molar-refractivity contribution < 1.29 is 14.1 Å². The molecule has 2 N–H and O–H groups in total. The van der Waals surface area contributed by atoms with Gasteiger partial charge in [-0.25, -0.2) is 9.97 Å². The number of hydrogen-bond donors (Lipinski definition) is 2. The highest BCUT2D eigenvalue weighted by Crippen LogP contribution is 2.40. The summed E-state index contributed by atoms with van der Waals surface area (Å²) in [4.78, 5) is 20.8. The maximum atomic E-state index is 12.5. The monoisotopic (exact) mass is 464 g/mol. The summed E-state index contributed by atoms with van der Waals surface area (Å²) in [6.07, 6.45) is 8.85. The summed E-state index contributed by atoms with van der Waals surface area (Å²) in [5.74, 6) is 2.61. The lowest BCUT2D eigenvalue weighted by atomic mass is 9.77. The van der Waals surface area contributed by atoms with Crippen LogP contribution in [0.5, 0.6) is 5.88 Å². The fraction of sp³-hybridized carbons (Fsp3) is 0.600. The Labute approximate surface area is 188 Å². The van der Waals surface area contributed by atoms with E-state index in [1.165, 1.54) is 0 Å². The molecule has 3 aliphatic rings. The Kier molecular flexibility index (Phi) is 5.70. The van der Waals surface area contributed by atoms with Crippen molar-refractivity contribution in [2.75, 3.05) is 35.9 Å². The van der Waals surface area contributed by atoms with Crippen molar-refractivity contribution in [1.29, 1.82) is 0 Å². The molecule has 1 unspecified atom stereocenters. The number of halogens is 1. The average molecular weight is 465 g/mol. The molecule has 2 aromatic rings. The first-order valence-electron chi connectivity index (χ1n) is 10.6. The van der Waals surface area contributed by atoms with Gasteiger partial charge in [0.1, 0.15) is 21.5 Å². The molecule has 9 nitrogen and oxygen atoms in total. The number of aliphatic hydroxyl groups is 1. The molecule has 0 amide bonds. The van der Waals surface area contributed by atoms with Crippen molar-refractivity contribution in [3.8, 4) is 5.88 Å². The molecule has 0 aromatic carbocycles. The van der Waals surface area contributed by atoms with E-state index in [-0.39, 0.29) is 18.5 Å². The highest BCUT2D eigenvalue weighted by atomic mass is 35.5. The van der Waals surface area contributed by atoms with E-state index in [9.17, 15) is 9.32 Å². The fourth-order valence-corrected chi connectivity index (χ4v) is 5.43. The summed E-state index contributed by atoms with van der Waals surface area (Å²) >= 11 is 5.92. The number of hydrogen-bond acceptors (Lipinski definition) is 9. The van der Waals surface area contributed by atoms with E-state index in [1.54, 1.807) is 12.4 Å². The molecule has 0 bridgehead atoms. The number of nitrogens with one attached hydrogen (secondary N) is 1. The van der Waals surface area contributed by atoms with Gasteiger partial charge in [-0.3, -0.25) is 4.21 Å². The van der Waals surface area contributed by atoms with Crippen molar-refractivity contribution in [3.05, 3.63) is 23.2 Å². The predicted molar refractivity (Wildman–Crippen MR) is 117 cm³/mol. The number of ether oxygens (including phenoxy) is 1. The third kappa shape index (κ3) is 4.08. The van der Waals surface area contributed by atoms with E-state index in [1.807, 2.05) is 0 Å². The smallest absolute Gasteiger partial charge is 0.238 e. The number of fused-ring (bicyclic) bond motifs is 1. The number of aromatic nitrogens is 4. The zero-order chi connectivity index (χ0) is 21.4. The molecule has 11 heteroatoms. The highest BCUT2D eigenvalue weighted by molar-refractivity contribution is 7.85. The van der Waals surface area contributed by atoms with Crippen LogP contribution in [0.25, 0.3) is 0 Å². The molecular weight excluding hydrogens is 440 g/mol. The molecule has 2 fully saturated rings. The third-order valence-corrected chi connectivity index (χ3v) is 7.72. The number of rotatable bonds is 5. The lowest BCUT2D eigenvalue weighted by Gasteiger charge is -2.41. The van der Waals surface area contributed by atoms with Gasteiger partial charge in [0.15, 0.2) is 11.8 Å². The number of aliphatic hydroxyl groups excluding tert-OH is 1. The normalized spacial score (nSPS) is 24.6. The summed E-state index contributed by atoms with van der Waals surface area (Å²) < 4.78 is 18.1. The van der Waals surface area contributed by atoms with Crippen LogP contribution < -0.4 is 15.0 Å². The molecule has 2 aromatic heterocycles. The van der Waals surface area contributed by atoms with Gasteiger partial charge >= 0.3 is 0 Å². The molecule has 0 radical (unpaired) electrons. The molecule has 1 saturated heterocycles. The zero-order valence-corrected chi connectivity index (χ0v) is 18.7. The third-order valence-electron chi connectivity index (χ3n) is 6.37. The topological polar surface area (TPSA) is 113 Å². The standard InChI is InChI=1S/C20H25ClN6O3S/c21-14-9-22-16(23-10-14)13-3-1-7-27(8-4-13)19-24-17(26-20(11-28)5-2-6-20)15-18(25-19)30-12-31(15)29/h9-10,13,28H,1-8,11-12H2,(H,24,25,26)/t13?,31-/m0/s1. The van der Waals surface area contributed by atoms with E-state index in [4.69, 9.17) is 21.3 Å². The van der Waals surface area contributed by atoms with Gasteiger partial charge in [0, 0.05) is 31.4 Å². The van der Waals surface area contributed by atoms with Crippen molar-refractivity contribution in [2.45, 2.75) is 54.9 Å².